The number of primary amides is 1. The van der Waals surface area contributed by atoms with Gasteiger partial charge in [-0.05, 0) is 54.4 Å². The lowest BCUT2D eigenvalue weighted by molar-refractivity contribution is -0.119. The van der Waals surface area contributed by atoms with Gasteiger partial charge in [0.25, 0.3) is 17.7 Å². The number of nitrogens with two attached hydrogens (primary N) is 1. The minimum Gasteiger partial charge on any atom is -0.493 e. The van der Waals surface area contributed by atoms with Crippen molar-refractivity contribution >= 4 is 23.7 Å². The molecule has 0 atom stereocenters. The first kappa shape index (κ1) is 24.5. The highest BCUT2D eigenvalue weighted by molar-refractivity contribution is 6.21. The first-order valence-corrected chi connectivity index (χ1v) is 11.3. The van der Waals surface area contributed by atoms with Crippen molar-refractivity contribution in [2.45, 2.75) is 20.1 Å². The SMILES string of the molecule is CCOc1ccc(CN2C(=O)c3ccccc3C2=O)cc1C(=O)OCc1cccc(OCC(N)=O)c1. The number of hydrogen-bond donors (Lipinski definition) is 1. The van der Waals surface area contributed by atoms with E-state index in [2.05, 4.69) is 0 Å². The summed E-state index contributed by atoms with van der Waals surface area (Å²) < 4.78 is 16.4. The Kier molecular flexibility index (Phi) is 7.29. The van der Waals surface area contributed by atoms with Gasteiger partial charge in [0.05, 0.1) is 24.3 Å². The molecule has 0 bridgehead atoms. The van der Waals surface area contributed by atoms with Crippen molar-refractivity contribution in [3.05, 3.63) is 94.5 Å². The van der Waals surface area contributed by atoms with Gasteiger partial charge in [0.2, 0.25) is 0 Å². The fourth-order valence-electron chi connectivity index (χ4n) is 3.79. The average molecular weight is 488 g/mol. The molecular weight excluding hydrogens is 464 g/mol. The van der Waals surface area contributed by atoms with Gasteiger partial charge in [0.15, 0.2) is 6.61 Å². The van der Waals surface area contributed by atoms with Crippen LogP contribution in [0.5, 0.6) is 11.5 Å². The zero-order valence-corrected chi connectivity index (χ0v) is 19.6. The lowest BCUT2D eigenvalue weighted by Crippen LogP contribution is -2.29. The van der Waals surface area contributed by atoms with E-state index in [1.54, 1.807) is 73.7 Å². The number of imide groups is 1. The summed E-state index contributed by atoms with van der Waals surface area (Å²) in [5.74, 6) is -1.26. The van der Waals surface area contributed by atoms with E-state index in [9.17, 15) is 19.2 Å². The molecule has 0 fully saturated rings. The van der Waals surface area contributed by atoms with Crippen LogP contribution in [0.1, 0.15) is 49.1 Å². The monoisotopic (exact) mass is 488 g/mol. The molecule has 0 saturated carbocycles. The summed E-state index contributed by atoms with van der Waals surface area (Å²) in [6, 6.07) is 18.3. The van der Waals surface area contributed by atoms with Crippen LogP contribution in [-0.2, 0) is 22.7 Å². The van der Waals surface area contributed by atoms with Crippen molar-refractivity contribution in [1.29, 1.82) is 0 Å². The average Bonchev–Trinajstić information content (AvgIpc) is 3.12. The Hall–Kier alpha value is -4.66. The van der Waals surface area contributed by atoms with E-state index < -0.39 is 11.9 Å². The summed E-state index contributed by atoms with van der Waals surface area (Å²) in [6.07, 6.45) is 0. The van der Waals surface area contributed by atoms with Crippen molar-refractivity contribution < 1.29 is 33.4 Å². The normalized spacial score (nSPS) is 12.3. The first-order valence-electron chi connectivity index (χ1n) is 11.3. The highest BCUT2D eigenvalue weighted by Gasteiger charge is 2.35. The number of esters is 1. The van der Waals surface area contributed by atoms with Crippen LogP contribution in [0, 0.1) is 0 Å². The van der Waals surface area contributed by atoms with Gasteiger partial charge in [0, 0.05) is 0 Å². The maximum Gasteiger partial charge on any atom is 0.342 e. The lowest BCUT2D eigenvalue weighted by atomic mass is 10.1. The molecule has 9 nitrogen and oxygen atoms in total. The molecule has 0 radical (unpaired) electrons. The minimum atomic E-state index is -0.633. The summed E-state index contributed by atoms with van der Waals surface area (Å²) in [6.45, 7) is 1.80. The number of amides is 3. The fourth-order valence-corrected chi connectivity index (χ4v) is 3.79. The van der Waals surface area contributed by atoms with Gasteiger partial charge in [-0.3, -0.25) is 19.3 Å². The highest BCUT2D eigenvalue weighted by Crippen LogP contribution is 2.27. The van der Waals surface area contributed by atoms with E-state index in [-0.39, 0.29) is 37.1 Å². The summed E-state index contributed by atoms with van der Waals surface area (Å²) in [5.41, 5.74) is 7.20. The molecule has 0 unspecified atom stereocenters. The number of carbonyl (C=O) groups is 4. The third-order valence-corrected chi connectivity index (χ3v) is 5.43. The second-order valence-electron chi connectivity index (χ2n) is 7.98. The quantitative estimate of drug-likeness (QED) is 0.343. The summed E-state index contributed by atoms with van der Waals surface area (Å²) in [4.78, 5) is 50.5. The Morgan fingerprint density at radius 1 is 0.861 bits per heavy atom. The molecule has 0 saturated heterocycles. The van der Waals surface area contributed by atoms with E-state index in [0.717, 1.165) is 4.90 Å². The van der Waals surface area contributed by atoms with Crippen LogP contribution in [0.25, 0.3) is 0 Å². The van der Waals surface area contributed by atoms with Crippen LogP contribution in [0.3, 0.4) is 0 Å². The first-order chi connectivity index (χ1) is 17.4. The molecule has 36 heavy (non-hydrogen) atoms. The number of rotatable bonds is 10. The second kappa shape index (κ2) is 10.7. The van der Waals surface area contributed by atoms with Gasteiger partial charge >= 0.3 is 5.97 Å². The molecule has 3 aromatic rings. The third-order valence-electron chi connectivity index (χ3n) is 5.43. The van der Waals surface area contributed by atoms with Crippen molar-refractivity contribution in [2.75, 3.05) is 13.2 Å². The topological polar surface area (TPSA) is 125 Å². The van der Waals surface area contributed by atoms with E-state index in [0.29, 0.717) is 40.4 Å². The van der Waals surface area contributed by atoms with Gasteiger partial charge in [-0.2, -0.15) is 0 Å². The maximum atomic E-state index is 13.0. The maximum absolute atomic E-state index is 13.0. The molecule has 3 amide bonds. The molecule has 184 valence electrons. The Bertz CT molecular complexity index is 1300. The van der Waals surface area contributed by atoms with Crippen LogP contribution in [0.15, 0.2) is 66.7 Å². The molecular formula is C27H24N2O7. The molecule has 3 aromatic carbocycles. The molecule has 1 aliphatic heterocycles. The number of benzene rings is 3. The molecule has 0 aromatic heterocycles. The molecule has 1 heterocycles. The fraction of sp³-hybridized carbons (Fsp3) is 0.185. The predicted molar refractivity (Wildman–Crippen MR) is 129 cm³/mol. The number of hydrogen-bond acceptors (Lipinski definition) is 7. The number of nitrogens with zero attached hydrogens (tertiary/aromatic N) is 1. The van der Waals surface area contributed by atoms with Gasteiger partial charge in [-0.1, -0.05) is 30.3 Å². The van der Waals surface area contributed by atoms with Gasteiger partial charge in [0.1, 0.15) is 23.7 Å². The molecule has 4 rings (SSSR count). The molecule has 2 N–H and O–H groups in total. The van der Waals surface area contributed by atoms with Crippen LogP contribution < -0.4 is 15.2 Å². The Balaban J connectivity index is 1.49. The van der Waals surface area contributed by atoms with Crippen LogP contribution in [0.2, 0.25) is 0 Å². The minimum absolute atomic E-state index is 0.00171. The summed E-state index contributed by atoms with van der Waals surface area (Å²) >= 11 is 0. The van der Waals surface area contributed by atoms with E-state index in [4.69, 9.17) is 19.9 Å². The van der Waals surface area contributed by atoms with Crippen LogP contribution in [-0.4, -0.2) is 41.8 Å². The van der Waals surface area contributed by atoms with E-state index in [1.165, 1.54) is 0 Å². The Morgan fingerprint density at radius 2 is 1.58 bits per heavy atom. The van der Waals surface area contributed by atoms with Gasteiger partial charge < -0.3 is 19.9 Å². The largest absolute Gasteiger partial charge is 0.493 e. The Labute approximate surface area is 207 Å². The highest BCUT2D eigenvalue weighted by atomic mass is 16.5. The number of carbonyl (C=O) groups excluding carboxylic acids is 4. The zero-order chi connectivity index (χ0) is 25.7. The van der Waals surface area contributed by atoms with Crippen LogP contribution in [0.4, 0.5) is 0 Å². The Morgan fingerprint density at radius 3 is 2.25 bits per heavy atom. The molecule has 9 heteroatoms. The predicted octanol–water partition coefficient (Wildman–Crippen LogP) is 3.10. The zero-order valence-electron chi connectivity index (χ0n) is 19.6. The van der Waals surface area contributed by atoms with E-state index >= 15 is 0 Å². The standard InChI is InChI=1S/C27H24N2O7/c1-2-34-23-11-10-17(14-29-25(31)20-8-3-4-9-21(20)26(29)32)13-22(23)27(33)36-15-18-6-5-7-19(12-18)35-16-24(28)30/h3-13H,2,14-16H2,1H3,(H2,28,30). The van der Waals surface area contributed by atoms with Crippen molar-refractivity contribution in [2.24, 2.45) is 5.73 Å². The summed E-state index contributed by atoms with van der Waals surface area (Å²) in [7, 11) is 0. The molecule has 0 aliphatic carbocycles. The van der Waals surface area contributed by atoms with Crippen molar-refractivity contribution in [1.82, 2.24) is 4.90 Å². The second-order valence-corrected chi connectivity index (χ2v) is 7.98. The van der Waals surface area contributed by atoms with Gasteiger partial charge in [-0.15, -0.1) is 0 Å². The summed E-state index contributed by atoms with van der Waals surface area (Å²) in [5, 5.41) is 0. The number of fused-ring (bicyclic) bond motifs is 1. The van der Waals surface area contributed by atoms with Crippen LogP contribution >= 0.6 is 0 Å². The number of ether oxygens (including phenoxy) is 3. The van der Waals surface area contributed by atoms with E-state index in [1.807, 2.05) is 0 Å². The van der Waals surface area contributed by atoms with Crippen molar-refractivity contribution in [3.63, 3.8) is 0 Å². The lowest BCUT2D eigenvalue weighted by Gasteiger charge is -2.16. The smallest absolute Gasteiger partial charge is 0.342 e. The van der Waals surface area contributed by atoms with Gasteiger partial charge in [-0.25, -0.2) is 4.79 Å². The molecule has 0 spiro atoms. The van der Waals surface area contributed by atoms with Crippen molar-refractivity contribution in [3.8, 4) is 11.5 Å². The molecule has 1 aliphatic rings. The third kappa shape index (κ3) is 5.35.